The van der Waals surface area contributed by atoms with Crippen molar-refractivity contribution < 1.29 is 17.9 Å². The van der Waals surface area contributed by atoms with E-state index in [0.29, 0.717) is 36.7 Å². The number of fused-ring (bicyclic) bond motifs is 1. The number of aryl methyl sites for hydroxylation is 2. The smallest absolute Gasteiger partial charge is 0.437 e. The molecule has 0 saturated carbocycles. The normalized spacial score (nSPS) is 19.3. The predicted octanol–water partition coefficient (Wildman–Crippen LogP) is 3.59. The first-order valence-electron chi connectivity index (χ1n) is 11.1. The maximum Gasteiger partial charge on any atom is 0.437 e. The van der Waals surface area contributed by atoms with E-state index in [0.717, 1.165) is 19.2 Å². The Morgan fingerprint density at radius 3 is 2.55 bits per heavy atom. The number of pyridine rings is 1. The van der Waals surface area contributed by atoms with Gasteiger partial charge in [0.05, 0.1) is 12.8 Å². The molecule has 4 heterocycles. The van der Waals surface area contributed by atoms with E-state index in [2.05, 4.69) is 21.8 Å². The van der Waals surface area contributed by atoms with Crippen LogP contribution in [0.25, 0.3) is 11.3 Å². The van der Waals surface area contributed by atoms with Gasteiger partial charge in [-0.3, -0.25) is 9.13 Å². The Bertz CT molecular complexity index is 1190. The molecule has 0 unspecified atom stereocenters. The molecular formula is C22H27F3N6O2. The van der Waals surface area contributed by atoms with Crippen LogP contribution in [0.3, 0.4) is 0 Å². The summed E-state index contributed by atoms with van der Waals surface area (Å²) in [4.78, 5) is 27.4. The Hall–Kier alpha value is -3.11. The molecule has 1 aliphatic rings. The topological polar surface area (TPSA) is 78.1 Å². The van der Waals surface area contributed by atoms with Crippen molar-refractivity contribution >= 4 is 17.1 Å². The van der Waals surface area contributed by atoms with Gasteiger partial charge >= 0.3 is 11.9 Å². The fraction of sp³-hybridized carbons (Fsp3) is 0.545. The van der Waals surface area contributed by atoms with Gasteiger partial charge in [-0.2, -0.15) is 13.2 Å². The molecule has 33 heavy (non-hydrogen) atoms. The Balaban J connectivity index is 1.55. The summed E-state index contributed by atoms with van der Waals surface area (Å²) in [5.41, 5.74) is -0.0604. The predicted molar refractivity (Wildman–Crippen MR) is 117 cm³/mol. The third-order valence-electron chi connectivity index (χ3n) is 5.91. The second-order valence-electron chi connectivity index (χ2n) is 8.42. The first-order valence-corrected chi connectivity index (χ1v) is 11.1. The average molecular weight is 464 g/mol. The number of piperidine rings is 1. The average Bonchev–Trinajstić information content (AvgIpc) is 3.06. The molecule has 0 radical (unpaired) electrons. The molecule has 1 fully saturated rings. The quantitative estimate of drug-likeness (QED) is 0.555. The minimum absolute atomic E-state index is 0.00106. The van der Waals surface area contributed by atoms with Crippen LogP contribution in [0.1, 0.15) is 32.9 Å². The summed E-state index contributed by atoms with van der Waals surface area (Å²) in [5.74, 6) is 0.673. The Morgan fingerprint density at radius 1 is 1.12 bits per heavy atom. The Morgan fingerprint density at radius 2 is 1.85 bits per heavy atom. The molecule has 4 rings (SSSR count). The van der Waals surface area contributed by atoms with E-state index in [1.807, 2.05) is 13.8 Å². The molecule has 0 bridgehead atoms. The van der Waals surface area contributed by atoms with Gasteiger partial charge in [0.2, 0.25) is 0 Å². The molecule has 0 spiro atoms. The van der Waals surface area contributed by atoms with Crippen LogP contribution in [-0.4, -0.2) is 43.8 Å². The lowest BCUT2D eigenvalue weighted by Crippen LogP contribution is -2.42. The molecule has 1 saturated heterocycles. The van der Waals surface area contributed by atoms with Gasteiger partial charge in [0.1, 0.15) is 11.6 Å². The molecule has 3 aromatic rings. The van der Waals surface area contributed by atoms with Crippen molar-refractivity contribution in [2.75, 3.05) is 24.6 Å². The monoisotopic (exact) mass is 464 g/mol. The zero-order valence-electron chi connectivity index (χ0n) is 18.8. The zero-order chi connectivity index (χ0) is 23.8. The van der Waals surface area contributed by atoms with Gasteiger partial charge in [-0.15, -0.1) is 0 Å². The third-order valence-corrected chi connectivity index (χ3v) is 5.91. The molecule has 8 nitrogen and oxygen atoms in total. The van der Waals surface area contributed by atoms with E-state index in [4.69, 9.17) is 9.72 Å². The molecule has 3 aromatic heterocycles. The highest BCUT2D eigenvalue weighted by atomic mass is 19.4. The highest BCUT2D eigenvalue weighted by Crippen LogP contribution is 2.35. The van der Waals surface area contributed by atoms with Crippen molar-refractivity contribution in [2.24, 2.45) is 11.8 Å². The van der Waals surface area contributed by atoms with E-state index in [-0.39, 0.29) is 29.9 Å². The SMILES string of the molecule is CCn1c(=O)n(CC)c2nc(N3C[C@@H](C)C[C@H](COc4cccnc4C(F)(F)F)C3)cnc21. The Kier molecular flexibility index (Phi) is 6.31. The van der Waals surface area contributed by atoms with E-state index in [9.17, 15) is 18.0 Å². The van der Waals surface area contributed by atoms with Gasteiger partial charge < -0.3 is 9.64 Å². The van der Waals surface area contributed by atoms with Gasteiger partial charge in [0, 0.05) is 38.3 Å². The number of aromatic nitrogens is 5. The summed E-state index contributed by atoms with van der Waals surface area (Å²) in [6, 6.07) is 2.72. The van der Waals surface area contributed by atoms with Crippen LogP contribution < -0.4 is 15.3 Å². The van der Waals surface area contributed by atoms with Gasteiger partial charge in [-0.05, 0) is 38.3 Å². The number of halogens is 3. The minimum Gasteiger partial charge on any atom is -0.491 e. The molecule has 0 aliphatic carbocycles. The van der Waals surface area contributed by atoms with Crippen LogP contribution in [0.15, 0.2) is 29.3 Å². The summed E-state index contributed by atoms with van der Waals surface area (Å²) in [5, 5.41) is 0. The van der Waals surface area contributed by atoms with E-state index in [1.165, 1.54) is 12.1 Å². The van der Waals surface area contributed by atoms with E-state index < -0.39 is 11.9 Å². The van der Waals surface area contributed by atoms with Crippen molar-refractivity contribution in [3.05, 3.63) is 40.7 Å². The van der Waals surface area contributed by atoms with Crippen LogP contribution in [0.5, 0.6) is 5.75 Å². The van der Waals surface area contributed by atoms with E-state index >= 15 is 0 Å². The van der Waals surface area contributed by atoms with Gasteiger partial charge in [0.25, 0.3) is 0 Å². The van der Waals surface area contributed by atoms with Crippen LogP contribution in [-0.2, 0) is 19.3 Å². The summed E-state index contributed by atoms with van der Waals surface area (Å²) >= 11 is 0. The minimum atomic E-state index is -4.57. The van der Waals surface area contributed by atoms with Crippen LogP contribution in [0.2, 0.25) is 0 Å². The maximum atomic E-state index is 13.2. The molecule has 2 atom stereocenters. The summed E-state index contributed by atoms with van der Waals surface area (Å²) in [6.45, 7) is 8.30. The largest absolute Gasteiger partial charge is 0.491 e. The zero-order valence-corrected chi connectivity index (χ0v) is 18.8. The van der Waals surface area contributed by atoms with Gasteiger partial charge in [0.15, 0.2) is 17.0 Å². The second kappa shape index (κ2) is 9.03. The standard InChI is InChI=1S/C22H27F3N6O2/c1-4-30-19-20(31(5-2)21(30)32)28-17(10-27-19)29-11-14(3)9-15(12-29)13-33-16-7-6-8-26-18(16)22(23,24)25/h6-8,10,14-15H,4-5,9,11-13H2,1-3H3/t14-,15-/m0/s1. The number of nitrogens with zero attached hydrogens (tertiary/aromatic N) is 6. The molecular weight excluding hydrogens is 437 g/mol. The number of alkyl halides is 3. The maximum absolute atomic E-state index is 13.2. The lowest BCUT2D eigenvalue weighted by atomic mass is 9.91. The number of hydrogen-bond acceptors (Lipinski definition) is 6. The number of hydrogen-bond donors (Lipinski definition) is 0. The first-order chi connectivity index (χ1) is 15.7. The lowest BCUT2D eigenvalue weighted by molar-refractivity contribution is -0.142. The first kappa shape index (κ1) is 23.1. The highest BCUT2D eigenvalue weighted by molar-refractivity contribution is 5.69. The van der Waals surface area contributed by atoms with Crippen LogP contribution in [0, 0.1) is 11.8 Å². The third kappa shape index (κ3) is 4.53. The summed E-state index contributed by atoms with van der Waals surface area (Å²) < 4.78 is 48.4. The fourth-order valence-corrected chi connectivity index (χ4v) is 4.50. The van der Waals surface area contributed by atoms with Crippen LogP contribution >= 0.6 is 0 Å². The van der Waals surface area contributed by atoms with Crippen molar-refractivity contribution in [3.63, 3.8) is 0 Å². The molecule has 178 valence electrons. The van der Waals surface area contributed by atoms with Gasteiger partial charge in [-0.25, -0.2) is 19.7 Å². The molecule has 0 amide bonds. The molecule has 11 heteroatoms. The molecule has 0 N–H and O–H groups in total. The van der Waals surface area contributed by atoms with Crippen molar-refractivity contribution in [2.45, 2.75) is 46.5 Å². The summed E-state index contributed by atoms with van der Waals surface area (Å²) in [7, 11) is 0. The number of rotatable bonds is 6. The number of ether oxygens (including phenoxy) is 1. The second-order valence-corrected chi connectivity index (χ2v) is 8.42. The highest BCUT2D eigenvalue weighted by Gasteiger charge is 2.36. The Labute approximate surface area is 189 Å². The summed E-state index contributed by atoms with van der Waals surface area (Å²) in [6.07, 6.45) is -0.986. The number of imidazole rings is 1. The lowest BCUT2D eigenvalue weighted by Gasteiger charge is -2.37. The van der Waals surface area contributed by atoms with Crippen molar-refractivity contribution in [3.8, 4) is 5.75 Å². The van der Waals surface area contributed by atoms with Crippen molar-refractivity contribution in [1.82, 2.24) is 24.1 Å². The molecule has 1 aliphatic heterocycles. The number of anilines is 1. The van der Waals surface area contributed by atoms with Crippen molar-refractivity contribution in [1.29, 1.82) is 0 Å². The van der Waals surface area contributed by atoms with E-state index in [1.54, 1.807) is 15.3 Å². The fourth-order valence-electron chi connectivity index (χ4n) is 4.50. The molecule has 0 aromatic carbocycles. The van der Waals surface area contributed by atoms with Gasteiger partial charge in [-0.1, -0.05) is 6.92 Å². The van der Waals surface area contributed by atoms with Crippen LogP contribution in [0.4, 0.5) is 19.0 Å².